The minimum atomic E-state index is -0.590. The Morgan fingerprint density at radius 2 is 2.08 bits per heavy atom. The molecular weight excluding hydrogens is 521 g/mol. The first-order valence-corrected chi connectivity index (χ1v) is 13.1. The molecule has 6 rings (SSSR count). The van der Waals surface area contributed by atoms with Gasteiger partial charge in [0, 0.05) is 24.8 Å². The maximum atomic E-state index is 13.7. The van der Waals surface area contributed by atoms with E-state index in [1.165, 1.54) is 17.5 Å². The highest BCUT2D eigenvalue weighted by Gasteiger charge is 2.54. The van der Waals surface area contributed by atoms with E-state index in [1.807, 2.05) is 36.1 Å². The Kier molecular flexibility index (Phi) is 5.86. The van der Waals surface area contributed by atoms with Gasteiger partial charge in [-0.1, -0.05) is 41.4 Å². The van der Waals surface area contributed by atoms with Crippen LogP contribution in [0.4, 0.5) is 4.79 Å². The zero-order chi connectivity index (χ0) is 25.0. The number of hydrogen-bond acceptors (Lipinski definition) is 6. The van der Waals surface area contributed by atoms with Crippen molar-refractivity contribution in [3.63, 3.8) is 0 Å². The van der Waals surface area contributed by atoms with Gasteiger partial charge in [-0.15, -0.1) is 11.3 Å². The highest BCUT2D eigenvalue weighted by molar-refractivity contribution is 7.15. The number of carbonyl (C=O) groups is 2. The summed E-state index contributed by atoms with van der Waals surface area (Å²) in [5, 5.41) is 4.42. The number of pyridine rings is 1. The van der Waals surface area contributed by atoms with Crippen LogP contribution in [0, 0.1) is 18.8 Å². The van der Waals surface area contributed by atoms with E-state index in [4.69, 9.17) is 27.9 Å². The van der Waals surface area contributed by atoms with Gasteiger partial charge in [-0.3, -0.25) is 9.20 Å². The molecule has 4 heterocycles. The first-order chi connectivity index (χ1) is 17.4. The van der Waals surface area contributed by atoms with Crippen LogP contribution < -0.4 is 10.1 Å². The van der Waals surface area contributed by atoms with Crippen LogP contribution in [0.25, 0.3) is 16.1 Å². The van der Waals surface area contributed by atoms with Crippen LogP contribution >= 0.6 is 34.5 Å². The fourth-order valence-corrected chi connectivity index (χ4v) is 6.33. The fourth-order valence-electron chi connectivity index (χ4n) is 4.94. The minimum absolute atomic E-state index is 0.137. The number of carbonyl (C=O) groups excluding carboxylic acids is 2. The second-order valence-electron chi connectivity index (χ2n) is 8.99. The van der Waals surface area contributed by atoms with Crippen LogP contribution in [0.2, 0.25) is 10.0 Å². The first-order valence-electron chi connectivity index (χ1n) is 11.5. The largest absolute Gasteiger partial charge is 0.414 e. The number of benzene rings is 1. The molecule has 0 bridgehead atoms. The number of fused-ring (bicyclic) bond motifs is 2. The Morgan fingerprint density at radius 3 is 2.94 bits per heavy atom. The molecule has 1 N–H and O–H groups in total. The second-order valence-corrected chi connectivity index (χ2v) is 11.0. The molecule has 2 amide bonds. The number of nitrogens with one attached hydrogen (secondary N) is 1. The molecule has 0 spiro atoms. The molecule has 4 aromatic rings. The van der Waals surface area contributed by atoms with Crippen LogP contribution in [0.5, 0.6) is 5.88 Å². The highest BCUT2D eigenvalue weighted by Crippen LogP contribution is 2.50. The number of aryl methyl sites for hydroxylation is 1. The standard InChI is InChI=1S/C25H21Cl2N5O3S/c1-13-30-22(23(36-13)15-5-4-6-17(26)21(15)27)24(33)32-12-14-9-16(14)18(32)10-29-25(34)35-20-11-28-19-7-2-3-8-31(19)20/h2-8,11,14,16,18H,9-10,12H2,1H3,(H,29,34)/t14-,16-,18+/m0/s1. The molecule has 1 aromatic carbocycles. The third-order valence-electron chi connectivity index (χ3n) is 6.73. The smallest absolute Gasteiger partial charge is 0.391 e. The molecule has 1 saturated heterocycles. The maximum Gasteiger partial charge on any atom is 0.414 e. The first kappa shape index (κ1) is 23.3. The molecule has 3 aromatic heterocycles. The molecule has 0 radical (unpaired) electrons. The van der Waals surface area contributed by atoms with Gasteiger partial charge < -0.3 is 15.0 Å². The van der Waals surface area contributed by atoms with Crippen molar-refractivity contribution in [2.45, 2.75) is 19.4 Å². The summed E-state index contributed by atoms with van der Waals surface area (Å²) in [6, 6.07) is 10.7. The van der Waals surface area contributed by atoms with Gasteiger partial charge in [-0.05, 0) is 43.4 Å². The number of likely N-dealkylation sites (tertiary alicyclic amines) is 1. The predicted octanol–water partition coefficient (Wildman–Crippen LogP) is 5.32. The number of thiazole rings is 1. The van der Waals surface area contributed by atoms with E-state index in [0.717, 1.165) is 11.4 Å². The zero-order valence-electron chi connectivity index (χ0n) is 19.1. The average molecular weight is 542 g/mol. The number of piperidine rings is 1. The van der Waals surface area contributed by atoms with Crippen molar-refractivity contribution in [3.05, 3.63) is 69.5 Å². The number of rotatable bonds is 5. The molecule has 2 fully saturated rings. The number of hydrogen-bond donors (Lipinski definition) is 1. The third-order valence-corrected chi connectivity index (χ3v) is 8.56. The van der Waals surface area contributed by atoms with Crippen LogP contribution in [0.1, 0.15) is 21.9 Å². The molecule has 1 aliphatic carbocycles. The minimum Gasteiger partial charge on any atom is -0.391 e. The van der Waals surface area contributed by atoms with E-state index < -0.39 is 6.09 Å². The number of amides is 2. The van der Waals surface area contributed by atoms with E-state index >= 15 is 0 Å². The van der Waals surface area contributed by atoms with E-state index in [1.54, 1.807) is 22.7 Å². The lowest BCUT2D eigenvalue weighted by Gasteiger charge is -2.27. The summed E-state index contributed by atoms with van der Waals surface area (Å²) in [7, 11) is 0. The molecule has 36 heavy (non-hydrogen) atoms. The van der Waals surface area contributed by atoms with Crippen LogP contribution in [0.15, 0.2) is 48.8 Å². The summed E-state index contributed by atoms with van der Waals surface area (Å²) >= 11 is 14.1. The Balaban J connectivity index is 1.19. The molecule has 3 atom stereocenters. The van der Waals surface area contributed by atoms with Crippen molar-refractivity contribution < 1.29 is 14.3 Å². The summed E-state index contributed by atoms with van der Waals surface area (Å²) in [5.41, 5.74) is 1.73. The Hall–Kier alpha value is -3.14. The third kappa shape index (κ3) is 4.11. The van der Waals surface area contributed by atoms with Gasteiger partial charge in [0.15, 0.2) is 0 Å². The Labute approximate surface area is 220 Å². The average Bonchev–Trinajstić information content (AvgIpc) is 3.18. The summed E-state index contributed by atoms with van der Waals surface area (Å²) in [5.74, 6) is 0.948. The molecule has 11 heteroatoms. The second kappa shape index (κ2) is 9.06. The van der Waals surface area contributed by atoms with Gasteiger partial charge in [0.2, 0.25) is 5.88 Å². The predicted molar refractivity (Wildman–Crippen MR) is 138 cm³/mol. The summed E-state index contributed by atoms with van der Waals surface area (Å²) in [6.07, 6.45) is 3.73. The van der Waals surface area contributed by atoms with Crippen molar-refractivity contribution in [1.82, 2.24) is 24.6 Å². The van der Waals surface area contributed by atoms with Crippen LogP contribution in [0.3, 0.4) is 0 Å². The molecule has 0 unspecified atom stereocenters. The van der Waals surface area contributed by atoms with E-state index in [0.29, 0.717) is 62.6 Å². The van der Waals surface area contributed by atoms with Crippen molar-refractivity contribution >= 4 is 52.2 Å². The molecule has 2 aliphatic rings. The lowest BCUT2D eigenvalue weighted by atomic mass is 10.1. The summed E-state index contributed by atoms with van der Waals surface area (Å²) in [4.78, 5) is 37.6. The van der Waals surface area contributed by atoms with Gasteiger partial charge in [0.05, 0.1) is 32.2 Å². The Bertz CT molecular complexity index is 1500. The van der Waals surface area contributed by atoms with Crippen LogP contribution in [-0.4, -0.2) is 50.4 Å². The van der Waals surface area contributed by atoms with Crippen molar-refractivity contribution in [2.24, 2.45) is 11.8 Å². The Morgan fingerprint density at radius 1 is 1.22 bits per heavy atom. The van der Waals surface area contributed by atoms with Crippen molar-refractivity contribution in [1.29, 1.82) is 0 Å². The van der Waals surface area contributed by atoms with Gasteiger partial charge in [0.25, 0.3) is 5.91 Å². The monoisotopic (exact) mass is 541 g/mol. The number of halogens is 2. The van der Waals surface area contributed by atoms with E-state index in [2.05, 4.69) is 15.3 Å². The number of aromatic nitrogens is 3. The number of ether oxygens (including phenoxy) is 1. The molecule has 8 nitrogen and oxygen atoms in total. The van der Waals surface area contributed by atoms with Gasteiger partial charge in [0.1, 0.15) is 11.3 Å². The van der Waals surface area contributed by atoms with Gasteiger partial charge in [-0.25, -0.2) is 14.8 Å². The zero-order valence-corrected chi connectivity index (χ0v) is 21.5. The lowest BCUT2D eigenvalue weighted by molar-refractivity contribution is 0.0700. The van der Waals surface area contributed by atoms with Gasteiger partial charge in [-0.2, -0.15) is 0 Å². The SMILES string of the molecule is Cc1nc(C(=O)N2C[C@@H]3C[C@@H]3[C@H]2CNC(=O)Oc2cnc3ccccn23)c(-c2cccc(Cl)c2Cl)s1. The quantitative estimate of drug-likeness (QED) is 0.369. The summed E-state index contributed by atoms with van der Waals surface area (Å²) < 4.78 is 7.16. The maximum absolute atomic E-state index is 13.7. The van der Waals surface area contributed by atoms with Crippen molar-refractivity contribution in [2.75, 3.05) is 13.1 Å². The molecule has 184 valence electrons. The fraction of sp³-hybridized carbons (Fsp3) is 0.280. The van der Waals surface area contributed by atoms with Gasteiger partial charge >= 0.3 is 6.09 Å². The van der Waals surface area contributed by atoms with Crippen LogP contribution in [-0.2, 0) is 0 Å². The lowest BCUT2D eigenvalue weighted by Crippen LogP contribution is -2.46. The topological polar surface area (TPSA) is 88.8 Å². The van der Waals surface area contributed by atoms with E-state index in [9.17, 15) is 9.59 Å². The number of nitrogens with zero attached hydrogens (tertiary/aromatic N) is 4. The molecular formula is C25H21Cl2N5O3S. The van der Waals surface area contributed by atoms with E-state index in [-0.39, 0.29) is 11.9 Å². The normalized spacial score (nSPS) is 20.4. The highest BCUT2D eigenvalue weighted by atomic mass is 35.5. The van der Waals surface area contributed by atoms with Crippen molar-refractivity contribution in [3.8, 4) is 16.3 Å². The summed E-state index contributed by atoms with van der Waals surface area (Å²) in [6.45, 7) is 2.79. The molecule has 1 aliphatic heterocycles. The molecule has 1 saturated carbocycles. The number of imidazole rings is 1.